The van der Waals surface area contributed by atoms with Gasteiger partial charge in [0.1, 0.15) is 0 Å². The number of amides is 4. The minimum atomic E-state index is -0.408. The van der Waals surface area contributed by atoms with Gasteiger partial charge in [-0.1, -0.05) is 54.6 Å². The summed E-state index contributed by atoms with van der Waals surface area (Å²) in [5.41, 5.74) is 0. The van der Waals surface area contributed by atoms with Crippen LogP contribution in [0, 0.1) is 23.7 Å². The highest BCUT2D eigenvalue weighted by atomic mass is 35.5. The first-order valence-corrected chi connectivity index (χ1v) is 12.7. The third-order valence-corrected chi connectivity index (χ3v) is 8.68. The average molecular weight is 494 g/mol. The number of carbonyl (C=O) groups is 4. The number of likely N-dealkylation sites (tertiary alicyclic amines) is 2. The Kier molecular flexibility index (Phi) is 6.40. The zero-order chi connectivity index (χ0) is 23.3. The van der Waals surface area contributed by atoms with E-state index in [1.807, 2.05) is 17.1 Å². The summed E-state index contributed by atoms with van der Waals surface area (Å²) in [7, 11) is 0. The number of nitrogens with zero attached hydrogens (tertiary/aromatic N) is 3. The van der Waals surface area contributed by atoms with Crippen molar-refractivity contribution in [2.45, 2.75) is 63.8 Å². The molecule has 5 rings (SSSR count). The number of hydrogen-bond acceptors (Lipinski definition) is 5. The molecule has 5 aliphatic rings. The summed E-state index contributed by atoms with van der Waals surface area (Å²) in [5.74, 6) is -2.27. The SMILES string of the molecule is O=C1[C@H]2CC=C(Cl)C[C@@H]2C(=O)N1CN(CN1C(=O)[C@@H]2CC=C(Cl)C[C@H]2C1=O)C1CCCCC1. The van der Waals surface area contributed by atoms with E-state index in [9.17, 15) is 19.2 Å². The van der Waals surface area contributed by atoms with Gasteiger partial charge in [-0.2, -0.15) is 0 Å². The number of halogens is 2. The Morgan fingerprint density at radius 1 is 0.697 bits per heavy atom. The molecule has 178 valence electrons. The van der Waals surface area contributed by atoms with Crippen LogP contribution in [-0.2, 0) is 19.2 Å². The van der Waals surface area contributed by atoms with Crippen molar-refractivity contribution < 1.29 is 19.2 Å². The molecule has 0 aromatic rings. The summed E-state index contributed by atoms with van der Waals surface area (Å²) in [6, 6.07) is 0.119. The molecule has 7 nitrogen and oxygen atoms in total. The van der Waals surface area contributed by atoms with E-state index in [0.29, 0.717) is 35.7 Å². The lowest BCUT2D eigenvalue weighted by molar-refractivity contribution is -0.147. The fraction of sp³-hybridized carbons (Fsp3) is 0.667. The van der Waals surface area contributed by atoms with Gasteiger partial charge in [0.05, 0.1) is 37.0 Å². The molecule has 0 spiro atoms. The maximum atomic E-state index is 13.1. The van der Waals surface area contributed by atoms with Gasteiger partial charge in [0.2, 0.25) is 23.6 Å². The fourth-order valence-corrected chi connectivity index (χ4v) is 6.67. The van der Waals surface area contributed by atoms with E-state index in [4.69, 9.17) is 23.2 Å². The molecule has 3 fully saturated rings. The second-order valence-electron chi connectivity index (χ2n) is 9.98. The highest BCUT2D eigenvalue weighted by molar-refractivity contribution is 6.30. The molecule has 0 unspecified atom stereocenters. The monoisotopic (exact) mass is 493 g/mol. The highest BCUT2D eigenvalue weighted by Gasteiger charge is 2.51. The third kappa shape index (κ3) is 4.17. The van der Waals surface area contributed by atoms with E-state index in [2.05, 4.69) is 0 Å². The summed E-state index contributed by atoms with van der Waals surface area (Å²) >= 11 is 12.3. The van der Waals surface area contributed by atoms with Crippen molar-refractivity contribution in [3.05, 3.63) is 22.2 Å². The zero-order valence-electron chi connectivity index (χ0n) is 18.6. The molecule has 9 heteroatoms. The average Bonchev–Trinajstić information content (AvgIpc) is 3.18. The van der Waals surface area contributed by atoms with Crippen molar-refractivity contribution >= 4 is 46.8 Å². The van der Waals surface area contributed by atoms with Gasteiger partial charge in [0.15, 0.2) is 0 Å². The highest BCUT2D eigenvalue weighted by Crippen LogP contribution is 2.41. The molecule has 2 aliphatic heterocycles. The molecule has 1 saturated carbocycles. The van der Waals surface area contributed by atoms with E-state index in [0.717, 1.165) is 32.1 Å². The van der Waals surface area contributed by atoms with Crippen molar-refractivity contribution in [2.75, 3.05) is 13.3 Å². The van der Waals surface area contributed by atoms with Gasteiger partial charge < -0.3 is 0 Å². The van der Waals surface area contributed by atoms with Crippen LogP contribution in [0.4, 0.5) is 0 Å². The Morgan fingerprint density at radius 3 is 1.58 bits per heavy atom. The van der Waals surface area contributed by atoms with E-state index in [1.54, 1.807) is 0 Å². The summed E-state index contributed by atoms with van der Waals surface area (Å²) in [6.45, 7) is 0.219. The lowest BCUT2D eigenvalue weighted by Gasteiger charge is -2.38. The number of imide groups is 2. The van der Waals surface area contributed by atoms with Crippen molar-refractivity contribution in [1.82, 2.24) is 14.7 Å². The summed E-state index contributed by atoms with van der Waals surface area (Å²) in [5, 5.41) is 1.26. The van der Waals surface area contributed by atoms with Gasteiger partial charge in [0.25, 0.3) is 0 Å². The summed E-state index contributed by atoms with van der Waals surface area (Å²) in [4.78, 5) is 57.2. The van der Waals surface area contributed by atoms with Crippen LogP contribution in [0.1, 0.15) is 57.8 Å². The molecule has 4 amide bonds. The molecular weight excluding hydrogens is 465 g/mol. The van der Waals surface area contributed by atoms with Crippen molar-refractivity contribution in [1.29, 1.82) is 0 Å². The first-order valence-electron chi connectivity index (χ1n) is 12.0. The van der Waals surface area contributed by atoms with Crippen molar-refractivity contribution in [3.8, 4) is 0 Å². The standard InChI is InChI=1S/C24H29Cl2N3O4/c25-14-6-8-17-19(10-14)23(32)28(21(17)30)12-27(16-4-2-1-3-5-16)13-29-22(31)18-9-7-15(26)11-20(18)24(29)33/h6-7,16-20H,1-5,8-13H2/t17-,18+,19-,20+. The first-order chi connectivity index (χ1) is 15.8. The van der Waals surface area contributed by atoms with Crippen molar-refractivity contribution in [2.24, 2.45) is 23.7 Å². The predicted octanol–water partition coefficient (Wildman–Crippen LogP) is 3.57. The smallest absolute Gasteiger partial charge is 0.234 e. The Bertz CT molecular complexity index is 876. The van der Waals surface area contributed by atoms with Crippen LogP contribution in [0.2, 0.25) is 0 Å². The molecule has 4 atom stereocenters. The predicted molar refractivity (Wildman–Crippen MR) is 122 cm³/mol. The first kappa shape index (κ1) is 23.1. The molecule has 3 aliphatic carbocycles. The van der Waals surface area contributed by atoms with Gasteiger partial charge >= 0.3 is 0 Å². The van der Waals surface area contributed by atoms with Gasteiger partial charge in [-0.25, -0.2) is 0 Å². The minimum absolute atomic E-state index is 0.109. The lowest BCUT2D eigenvalue weighted by atomic mass is 9.85. The largest absolute Gasteiger partial charge is 0.274 e. The minimum Gasteiger partial charge on any atom is -0.274 e. The lowest BCUT2D eigenvalue weighted by Crippen LogP contribution is -2.52. The molecule has 0 N–H and O–H groups in total. The van der Waals surface area contributed by atoms with Crippen LogP contribution < -0.4 is 0 Å². The summed E-state index contributed by atoms with van der Waals surface area (Å²) < 4.78 is 0. The van der Waals surface area contributed by atoms with Gasteiger partial charge in [-0.15, -0.1) is 0 Å². The van der Waals surface area contributed by atoms with E-state index < -0.39 is 11.8 Å². The number of allylic oxidation sites excluding steroid dienone is 4. The molecule has 2 saturated heterocycles. The second-order valence-corrected chi connectivity index (χ2v) is 11.0. The number of rotatable bonds is 5. The van der Waals surface area contributed by atoms with Gasteiger partial charge in [0, 0.05) is 16.1 Å². The zero-order valence-corrected chi connectivity index (χ0v) is 20.1. The molecule has 0 radical (unpaired) electrons. The second kappa shape index (κ2) is 9.16. The van der Waals surface area contributed by atoms with E-state index in [1.165, 1.54) is 9.80 Å². The number of fused-ring (bicyclic) bond motifs is 2. The van der Waals surface area contributed by atoms with Crippen LogP contribution in [-0.4, -0.2) is 57.7 Å². The van der Waals surface area contributed by atoms with Crippen LogP contribution >= 0.6 is 23.2 Å². The summed E-state index contributed by atoms with van der Waals surface area (Å²) in [6.07, 6.45) is 10.5. The van der Waals surface area contributed by atoms with Crippen LogP contribution in [0.3, 0.4) is 0 Å². The Balaban J connectivity index is 1.35. The molecular formula is C24H29Cl2N3O4. The fourth-order valence-electron chi connectivity index (χ4n) is 6.16. The van der Waals surface area contributed by atoms with E-state index >= 15 is 0 Å². The molecule has 33 heavy (non-hydrogen) atoms. The maximum absolute atomic E-state index is 13.1. The Hall–Kier alpha value is -1.70. The third-order valence-electron chi connectivity index (χ3n) is 8.06. The number of hydrogen-bond donors (Lipinski definition) is 0. The Labute approximate surface area is 203 Å². The van der Waals surface area contributed by atoms with Gasteiger partial charge in [-0.05, 0) is 38.5 Å². The molecule has 2 heterocycles. The van der Waals surface area contributed by atoms with Gasteiger partial charge in [-0.3, -0.25) is 33.9 Å². The number of carbonyl (C=O) groups excluding carboxylic acids is 4. The molecule has 0 aromatic heterocycles. The Morgan fingerprint density at radius 2 is 1.12 bits per heavy atom. The van der Waals surface area contributed by atoms with Crippen LogP contribution in [0.15, 0.2) is 22.2 Å². The normalized spacial score (nSPS) is 32.9. The van der Waals surface area contributed by atoms with Crippen LogP contribution in [0.25, 0.3) is 0 Å². The topological polar surface area (TPSA) is 78.0 Å². The van der Waals surface area contributed by atoms with Crippen molar-refractivity contribution in [3.63, 3.8) is 0 Å². The quantitative estimate of drug-likeness (QED) is 0.547. The maximum Gasteiger partial charge on any atom is 0.234 e. The molecule has 0 bridgehead atoms. The van der Waals surface area contributed by atoms with Crippen LogP contribution in [0.5, 0.6) is 0 Å². The van der Waals surface area contributed by atoms with E-state index in [-0.39, 0.29) is 54.8 Å². The molecule has 0 aromatic carbocycles.